The number of nitrogens with one attached hydrogen (secondary N) is 1. The second-order valence-electron chi connectivity index (χ2n) is 4.00. The average molecular weight is 236 g/mol. The van der Waals surface area contributed by atoms with Gasteiger partial charge in [-0.3, -0.25) is 4.79 Å². The number of anilines is 1. The standard InChI is InChI=1S/C12H16N2OS/c1-3-14(2)7-9-4-5-11-10(6-9)13-12(15)8-16-11/h4-6H,3,7-8H2,1-2H3,(H,13,15). The fraction of sp³-hybridized carbons (Fsp3) is 0.417. The van der Waals surface area contributed by atoms with Crippen LogP contribution in [0.5, 0.6) is 0 Å². The van der Waals surface area contributed by atoms with Crippen LogP contribution in [0.4, 0.5) is 5.69 Å². The summed E-state index contributed by atoms with van der Waals surface area (Å²) in [5.41, 5.74) is 2.20. The minimum Gasteiger partial charge on any atom is -0.324 e. The summed E-state index contributed by atoms with van der Waals surface area (Å²) in [6.45, 7) is 4.08. The Morgan fingerprint density at radius 3 is 3.06 bits per heavy atom. The van der Waals surface area contributed by atoms with Gasteiger partial charge in [-0.15, -0.1) is 11.8 Å². The molecule has 16 heavy (non-hydrogen) atoms. The molecule has 1 aliphatic heterocycles. The normalized spacial score (nSPS) is 14.8. The van der Waals surface area contributed by atoms with E-state index in [0.29, 0.717) is 5.75 Å². The molecule has 3 nitrogen and oxygen atoms in total. The highest BCUT2D eigenvalue weighted by Gasteiger charge is 2.15. The second kappa shape index (κ2) is 4.89. The molecule has 1 aromatic rings. The summed E-state index contributed by atoms with van der Waals surface area (Å²) in [6.07, 6.45) is 0. The first kappa shape index (κ1) is 11.5. The minimum atomic E-state index is 0.0958. The molecule has 0 atom stereocenters. The summed E-state index contributed by atoms with van der Waals surface area (Å²) < 4.78 is 0. The molecule has 4 heteroatoms. The van der Waals surface area contributed by atoms with E-state index in [-0.39, 0.29) is 5.91 Å². The molecule has 0 spiro atoms. The number of rotatable bonds is 3. The zero-order chi connectivity index (χ0) is 11.5. The lowest BCUT2D eigenvalue weighted by Crippen LogP contribution is -2.20. The summed E-state index contributed by atoms with van der Waals surface area (Å²) in [7, 11) is 2.09. The van der Waals surface area contributed by atoms with Crippen molar-refractivity contribution in [2.45, 2.75) is 18.4 Å². The highest BCUT2D eigenvalue weighted by atomic mass is 32.2. The summed E-state index contributed by atoms with van der Waals surface area (Å²) in [5.74, 6) is 0.625. The molecule has 1 amide bonds. The Bertz CT molecular complexity index is 406. The molecule has 0 radical (unpaired) electrons. The molecule has 86 valence electrons. The number of benzene rings is 1. The van der Waals surface area contributed by atoms with Gasteiger partial charge in [0.1, 0.15) is 0 Å². The van der Waals surface area contributed by atoms with Gasteiger partial charge in [-0.25, -0.2) is 0 Å². The van der Waals surface area contributed by atoms with Gasteiger partial charge < -0.3 is 10.2 Å². The van der Waals surface area contributed by atoms with Crippen molar-refractivity contribution in [3.05, 3.63) is 23.8 Å². The van der Waals surface area contributed by atoms with E-state index >= 15 is 0 Å². The van der Waals surface area contributed by atoms with E-state index in [1.54, 1.807) is 11.8 Å². The fourth-order valence-electron chi connectivity index (χ4n) is 1.65. The van der Waals surface area contributed by atoms with Gasteiger partial charge in [0.15, 0.2) is 0 Å². The zero-order valence-electron chi connectivity index (χ0n) is 9.62. The monoisotopic (exact) mass is 236 g/mol. The lowest BCUT2D eigenvalue weighted by molar-refractivity contribution is -0.113. The number of fused-ring (bicyclic) bond motifs is 1. The molecule has 0 unspecified atom stereocenters. The SMILES string of the molecule is CCN(C)Cc1ccc2c(c1)NC(=O)CS2. The van der Waals surface area contributed by atoms with Crippen LogP contribution in [0.3, 0.4) is 0 Å². The van der Waals surface area contributed by atoms with Crippen molar-refractivity contribution in [1.82, 2.24) is 4.90 Å². The molecule has 0 aliphatic carbocycles. The fourth-order valence-corrected chi connectivity index (χ4v) is 2.44. The highest BCUT2D eigenvalue weighted by molar-refractivity contribution is 8.00. The van der Waals surface area contributed by atoms with E-state index in [2.05, 4.69) is 42.4 Å². The van der Waals surface area contributed by atoms with Gasteiger partial charge in [0.05, 0.1) is 11.4 Å². The van der Waals surface area contributed by atoms with Crippen LogP contribution in [0.25, 0.3) is 0 Å². The van der Waals surface area contributed by atoms with Gasteiger partial charge in [0.25, 0.3) is 0 Å². The number of carbonyl (C=O) groups is 1. The third-order valence-electron chi connectivity index (χ3n) is 2.67. The average Bonchev–Trinajstić information content (AvgIpc) is 2.28. The van der Waals surface area contributed by atoms with E-state index in [1.165, 1.54) is 10.5 Å². The van der Waals surface area contributed by atoms with Gasteiger partial charge in [-0.2, -0.15) is 0 Å². The number of nitrogens with zero attached hydrogens (tertiary/aromatic N) is 1. The molecular weight excluding hydrogens is 220 g/mol. The van der Waals surface area contributed by atoms with Crippen LogP contribution in [0.1, 0.15) is 12.5 Å². The zero-order valence-corrected chi connectivity index (χ0v) is 10.4. The van der Waals surface area contributed by atoms with Crippen LogP contribution in [0.15, 0.2) is 23.1 Å². The number of carbonyl (C=O) groups excluding carboxylic acids is 1. The van der Waals surface area contributed by atoms with Crippen molar-refractivity contribution in [1.29, 1.82) is 0 Å². The van der Waals surface area contributed by atoms with Crippen LogP contribution < -0.4 is 5.32 Å². The smallest absolute Gasteiger partial charge is 0.234 e. The third kappa shape index (κ3) is 2.57. The van der Waals surface area contributed by atoms with E-state index in [4.69, 9.17) is 0 Å². The summed E-state index contributed by atoms with van der Waals surface area (Å²) >= 11 is 1.60. The molecule has 1 aliphatic rings. The number of amides is 1. The molecular formula is C12H16N2OS. The first-order chi connectivity index (χ1) is 7.69. The van der Waals surface area contributed by atoms with E-state index < -0.39 is 0 Å². The Morgan fingerprint density at radius 1 is 1.50 bits per heavy atom. The van der Waals surface area contributed by atoms with Gasteiger partial charge in [0, 0.05) is 11.4 Å². The maximum atomic E-state index is 11.3. The summed E-state index contributed by atoms with van der Waals surface area (Å²) in [5, 5.41) is 2.91. The maximum Gasteiger partial charge on any atom is 0.234 e. The van der Waals surface area contributed by atoms with Crippen LogP contribution in [-0.4, -0.2) is 30.2 Å². The Hall–Kier alpha value is -1.000. The lowest BCUT2D eigenvalue weighted by Gasteiger charge is -2.19. The molecule has 0 bridgehead atoms. The topological polar surface area (TPSA) is 32.3 Å². The third-order valence-corrected chi connectivity index (χ3v) is 3.74. The van der Waals surface area contributed by atoms with Crippen molar-refractivity contribution in [3.63, 3.8) is 0 Å². The van der Waals surface area contributed by atoms with Gasteiger partial charge in [-0.1, -0.05) is 13.0 Å². The van der Waals surface area contributed by atoms with Crippen molar-refractivity contribution in [2.24, 2.45) is 0 Å². The van der Waals surface area contributed by atoms with Crippen molar-refractivity contribution in [2.75, 3.05) is 24.7 Å². The number of thioether (sulfide) groups is 1. The molecule has 1 heterocycles. The van der Waals surface area contributed by atoms with Crippen molar-refractivity contribution >= 4 is 23.4 Å². The number of hydrogen-bond donors (Lipinski definition) is 1. The van der Waals surface area contributed by atoms with Gasteiger partial charge in [-0.05, 0) is 31.3 Å². The van der Waals surface area contributed by atoms with Gasteiger partial charge in [0.2, 0.25) is 5.91 Å². The largest absolute Gasteiger partial charge is 0.324 e. The van der Waals surface area contributed by atoms with Crippen LogP contribution in [0, 0.1) is 0 Å². The predicted molar refractivity (Wildman–Crippen MR) is 67.8 cm³/mol. The summed E-state index contributed by atoms with van der Waals surface area (Å²) in [6, 6.07) is 6.30. The molecule has 0 fully saturated rings. The Kier molecular flexibility index (Phi) is 3.51. The van der Waals surface area contributed by atoms with E-state index in [1.807, 2.05) is 0 Å². The summed E-state index contributed by atoms with van der Waals surface area (Å²) in [4.78, 5) is 14.7. The molecule has 0 aromatic heterocycles. The van der Waals surface area contributed by atoms with Crippen molar-refractivity contribution in [3.8, 4) is 0 Å². The molecule has 2 rings (SSSR count). The van der Waals surface area contributed by atoms with Crippen LogP contribution in [-0.2, 0) is 11.3 Å². The number of hydrogen-bond acceptors (Lipinski definition) is 3. The second-order valence-corrected chi connectivity index (χ2v) is 5.01. The van der Waals surface area contributed by atoms with E-state index in [9.17, 15) is 4.79 Å². The Morgan fingerprint density at radius 2 is 2.31 bits per heavy atom. The lowest BCUT2D eigenvalue weighted by atomic mass is 10.2. The first-order valence-corrected chi connectivity index (χ1v) is 6.41. The Labute approximate surface area is 100 Å². The molecule has 1 N–H and O–H groups in total. The first-order valence-electron chi connectivity index (χ1n) is 5.43. The molecule has 0 saturated heterocycles. The van der Waals surface area contributed by atoms with Crippen molar-refractivity contribution < 1.29 is 4.79 Å². The Balaban J connectivity index is 2.18. The maximum absolute atomic E-state index is 11.3. The minimum absolute atomic E-state index is 0.0958. The van der Waals surface area contributed by atoms with Crippen LogP contribution >= 0.6 is 11.8 Å². The van der Waals surface area contributed by atoms with E-state index in [0.717, 1.165) is 18.8 Å². The van der Waals surface area contributed by atoms with Crippen LogP contribution in [0.2, 0.25) is 0 Å². The molecule has 0 saturated carbocycles. The highest BCUT2D eigenvalue weighted by Crippen LogP contribution is 2.32. The molecule has 1 aromatic carbocycles. The predicted octanol–water partition coefficient (Wildman–Crippen LogP) is 2.18. The van der Waals surface area contributed by atoms with Gasteiger partial charge >= 0.3 is 0 Å². The quantitative estimate of drug-likeness (QED) is 0.873.